The quantitative estimate of drug-likeness (QED) is 0.484. The summed E-state index contributed by atoms with van der Waals surface area (Å²) in [5.41, 5.74) is 6.08. The van der Waals surface area contributed by atoms with E-state index in [2.05, 4.69) is 19.8 Å². The predicted molar refractivity (Wildman–Crippen MR) is 98.9 cm³/mol. The largest absolute Gasteiger partial charge is 0.494 e. The number of guanidine groups is 1. The molecule has 6 nitrogen and oxygen atoms in total. The van der Waals surface area contributed by atoms with Crippen LogP contribution in [-0.4, -0.2) is 55.2 Å². The summed E-state index contributed by atoms with van der Waals surface area (Å²) in [6, 6.07) is 6.01. The third-order valence-electron chi connectivity index (χ3n) is 3.95. The third kappa shape index (κ3) is 5.06. The van der Waals surface area contributed by atoms with Crippen LogP contribution in [0.25, 0.3) is 0 Å². The summed E-state index contributed by atoms with van der Waals surface area (Å²) < 4.78 is 18.3. The average Bonchev–Trinajstić information content (AvgIpc) is 3.18. The van der Waals surface area contributed by atoms with Crippen molar-refractivity contribution < 1.29 is 9.13 Å². The van der Waals surface area contributed by atoms with Crippen LogP contribution in [-0.2, 0) is 0 Å². The molecule has 2 N–H and O–H groups in total. The number of piperazine rings is 1. The number of hydrogen-bond donors (Lipinski definition) is 1. The van der Waals surface area contributed by atoms with Crippen LogP contribution in [0.1, 0.15) is 6.42 Å². The van der Waals surface area contributed by atoms with Crippen molar-refractivity contribution in [1.29, 1.82) is 0 Å². The van der Waals surface area contributed by atoms with E-state index in [0.29, 0.717) is 24.9 Å². The highest BCUT2D eigenvalue weighted by Crippen LogP contribution is 2.18. The standard InChI is InChI=1S/C17H22FN5OS/c18-14-2-4-15(5-3-14)24-12-1-6-20-16(19)22-8-10-23(11-9-22)17-21-7-13-25-17/h2-5,7,13H,1,6,8-12H2,(H2,19,20). The van der Waals surface area contributed by atoms with E-state index < -0.39 is 0 Å². The highest BCUT2D eigenvalue weighted by atomic mass is 32.1. The smallest absolute Gasteiger partial charge is 0.191 e. The number of aliphatic imine (C=N–C) groups is 1. The van der Waals surface area contributed by atoms with Crippen LogP contribution in [0.2, 0.25) is 0 Å². The van der Waals surface area contributed by atoms with Gasteiger partial charge >= 0.3 is 0 Å². The highest BCUT2D eigenvalue weighted by Gasteiger charge is 2.19. The van der Waals surface area contributed by atoms with Crippen LogP contribution in [0.15, 0.2) is 40.8 Å². The topological polar surface area (TPSA) is 67.0 Å². The van der Waals surface area contributed by atoms with Gasteiger partial charge in [0, 0.05) is 50.7 Å². The van der Waals surface area contributed by atoms with Gasteiger partial charge in [-0.3, -0.25) is 4.99 Å². The summed E-state index contributed by atoms with van der Waals surface area (Å²) in [5, 5.41) is 3.05. The molecule has 8 heteroatoms. The fourth-order valence-electron chi connectivity index (χ4n) is 2.58. The Kier molecular flexibility index (Phi) is 6.05. The second kappa shape index (κ2) is 8.66. The zero-order chi connectivity index (χ0) is 17.5. The first kappa shape index (κ1) is 17.5. The number of anilines is 1. The van der Waals surface area contributed by atoms with Gasteiger partial charge in [0.25, 0.3) is 0 Å². The molecule has 0 spiro atoms. The fourth-order valence-corrected chi connectivity index (χ4v) is 3.27. The molecule has 0 radical (unpaired) electrons. The van der Waals surface area contributed by atoms with Gasteiger partial charge in [0.05, 0.1) is 6.61 Å². The van der Waals surface area contributed by atoms with E-state index >= 15 is 0 Å². The van der Waals surface area contributed by atoms with Gasteiger partial charge in [-0.05, 0) is 24.3 Å². The van der Waals surface area contributed by atoms with Gasteiger partial charge in [0.15, 0.2) is 11.1 Å². The molecule has 2 aromatic rings. The zero-order valence-electron chi connectivity index (χ0n) is 14.0. The molecule has 0 saturated carbocycles. The van der Waals surface area contributed by atoms with Crippen LogP contribution in [0.3, 0.4) is 0 Å². The SMILES string of the molecule is NC(=NCCCOc1ccc(F)cc1)N1CCN(c2nccs2)CC1. The minimum absolute atomic E-state index is 0.264. The Labute approximate surface area is 150 Å². The monoisotopic (exact) mass is 363 g/mol. The molecule has 1 aromatic heterocycles. The molecule has 25 heavy (non-hydrogen) atoms. The molecule has 0 atom stereocenters. The maximum atomic E-state index is 12.8. The van der Waals surface area contributed by atoms with E-state index in [4.69, 9.17) is 10.5 Å². The van der Waals surface area contributed by atoms with Crippen molar-refractivity contribution in [2.75, 3.05) is 44.2 Å². The van der Waals surface area contributed by atoms with Gasteiger partial charge in [-0.15, -0.1) is 11.3 Å². The van der Waals surface area contributed by atoms with Crippen molar-refractivity contribution in [3.63, 3.8) is 0 Å². The van der Waals surface area contributed by atoms with E-state index in [1.165, 1.54) is 12.1 Å². The predicted octanol–water partition coefficient (Wildman–Crippen LogP) is 2.19. The summed E-state index contributed by atoms with van der Waals surface area (Å²) >= 11 is 1.66. The molecule has 1 saturated heterocycles. The molecule has 2 heterocycles. The van der Waals surface area contributed by atoms with Gasteiger partial charge in [-0.1, -0.05) is 0 Å². The Hall–Kier alpha value is -2.35. The zero-order valence-corrected chi connectivity index (χ0v) is 14.8. The lowest BCUT2D eigenvalue weighted by molar-refractivity contribution is 0.312. The molecule has 1 aromatic carbocycles. The van der Waals surface area contributed by atoms with Gasteiger partial charge in [-0.2, -0.15) is 0 Å². The summed E-state index contributed by atoms with van der Waals surface area (Å²) in [6.45, 7) is 4.64. The van der Waals surface area contributed by atoms with E-state index in [1.807, 2.05) is 11.6 Å². The Bertz CT molecular complexity index is 669. The third-order valence-corrected chi connectivity index (χ3v) is 4.78. The van der Waals surface area contributed by atoms with Gasteiger partial charge < -0.3 is 20.3 Å². The second-order valence-electron chi connectivity index (χ2n) is 5.68. The Balaban J connectivity index is 1.35. The van der Waals surface area contributed by atoms with E-state index in [0.717, 1.165) is 37.7 Å². The lowest BCUT2D eigenvalue weighted by atomic mass is 10.3. The van der Waals surface area contributed by atoms with Crippen molar-refractivity contribution in [3.8, 4) is 5.75 Å². The second-order valence-corrected chi connectivity index (χ2v) is 6.56. The minimum atomic E-state index is -0.264. The normalized spacial score (nSPS) is 15.5. The summed E-state index contributed by atoms with van der Waals surface area (Å²) in [6.07, 6.45) is 2.59. The highest BCUT2D eigenvalue weighted by molar-refractivity contribution is 7.13. The van der Waals surface area contributed by atoms with Crippen LogP contribution in [0.5, 0.6) is 5.75 Å². The molecule has 0 unspecified atom stereocenters. The Morgan fingerprint density at radius 2 is 2.00 bits per heavy atom. The number of benzene rings is 1. The first-order valence-electron chi connectivity index (χ1n) is 8.30. The lowest BCUT2D eigenvalue weighted by Crippen LogP contribution is -2.51. The number of aromatic nitrogens is 1. The molecule has 134 valence electrons. The number of rotatable bonds is 6. The Morgan fingerprint density at radius 1 is 1.24 bits per heavy atom. The van der Waals surface area contributed by atoms with E-state index in [1.54, 1.807) is 23.5 Å². The van der Waals surface area contributed by atoms with Crippen molar-refractivity contribution in [3.05, 3.63) is 41.7 Å². The van der Waals surface area contributed by atoms with Crippen molar-refractivity contribution in [2.45, 2.75) is 6.42 Å². The molecule has 0 amide bonds. The number of nitrogens with two attached hydrogens (primary N) is 1. The summed E-state index contributed by atoms with van der Waals surface area (Å²) in [4.78, 5) is 13.1. The van der Waals surface area contributed by atoms with Gasteiger partial charge in [0.1, 0.15) is 11.6 Å². The molecule has 1 fully saturated rings. The van der Waals surface area contributed by atoms with Crippen molar-refractivity contribution in [1.82, 2.24) is 9.88 Å². The van der Waals surface area contributed by atoms with E-state index in [9.17, 15) is 4.39 Å². The number of thiazole rings is 1. The van der Waals surface area contributed by atoms with Crippen molar-refractivity contribution in [2.24, 2.45) is 10.7 Å². The van der Waals surface area contributed by atoms with Crippen LogP contribution in [0.4, 0.5) is 9.52 Å². The van der Waals surface area contributed by atoms with Gasteiger partial charge in [0.2, 0.25) is 0 Å². The number of hydrogen-bond acceptors (Lipinski definition) is 5. The molecule has 0 bridgehead atoms. The molecular formula is C17H22FN5OS. The number of halogens is 1. The minimum Gasteiger partial charge on any atom is -0.494 e. The number of nitrogens with zero attached hydrogens (tertiary/aromatic N) is 4. The average molecular weight is 363 g/mol. The Morgan fingerprint density at radius 3 is 2.68 bits per heavy atom. The molecular weight excluding hydrogens is 341 g/mol. The van der Waals surface area contributed by atoms with Crippen LogP contribution >= 0.6 is 11.3 Å². The maximum Gasteiger partial charge on any atom is 0.191 e. The lowest BCUT2D eigenvalue weighted by Gasteiger charge is -2.35. The van der Waals surface area contributed by atoms with Crippen LogP contribution < -0.4 is 15.4 Å². The molecule has 0 aliphatic carbocycles. The summed E-state index contributed by atoms with van der Waals surface area (Å²) in [7, 11) is 0. The number of ether oxygens (including phenoxy) is 1. The van der Waals surface area contributed by atoms with Gasteiger partial charge in [-0.25, -0.2) is 9.37 Å². The van der Waals surface area contributed by atoms with Crippen molar-refractivity contribution >= 4 is 22.4 Å². The fraction of sp³-hybridized carbons (Fsp3) is 0.412. The van der Waals surface area contributed by atoms with E-state index in [-0.39, 0.29) is 5.82 Å². The molecule has 1 aliphatic heterocycles. The maximum absolute atomic E-state index is 12.8. The molecule has 3 rings (SSSR count). The molecule has 1 aliphatic rings. The first-order chi connectivity index (χ1) is 12.2. The first-order valence-corrected chi connectivity index (χ1v) is 9.18. The summed E-state index contributed by atoms with van der Waals surface area (Å²) in [5.74, 6) is 0.983. The van der Waals surface area contributed by atoms with Crippen LogP contribution in [0, 0.1) is 5.82 Å².